The van der Waals surface area contributed by atoms with Crippen molar-refractivity contribution in [1.82, 2.24) is 0 Å². The Kier molecular flexibility index (Phi) is 3.96. The summed E-state index contributed by atoms with van der Waals surface area (Å²) < 4.78 is 11.1. The zero-order valence-electron chi connectivity index (χ0n) is 13.2. The first-order valence-corrected chi connectivity index (χ1v) is 8.57. The first kappa shape index (κ1) is 15.4. The highest BCUT2D eigenvalue weighted by atomic mass is 32.1. The fraction of sp³-hybridized carbons (Fsp3) is 0.100. The minimum Gasteiger partial charge on any atom is -0.488 e. The number of nitriles is 1. The Balaban J connectivity index is 1.53. The van der Waals surface area contributed by atoms with Crippen molar-refractivity contribution in [2.75, 3.05) is 0 Å². The van der Waals surface area contributed by atoms with Crippen molar-refractivity contribution in [2.24, 2.45) is 0 Å². The first-order valence-electron chi connectivity index (χ1n) is 7.75. The molecule has 2 aromatic carbocycles. The molecule has 0 fully saturated rings. The van der Waals surface area contributed by atoms with Crippen LogP contribution < -0.4 is 4.74 Å². The van der Waals surface area contributed by atoms with Crippen LogP contribution in [0.3, 0.4) is 0 Å². The lowest BCUT2D eigenvalue weighted by Crippen LogP contribution is -2.04. The van der Waals surface area contributed by atoms with E-state index in [0.717, 1.165) is 27.3 Å². The summed E-state index contributed by atoms with van der Waals surface area (Å²) in [6.45, 7) is 0.602. The largest absolute Gasteiger partial charge is 0.488 e. The number of rotatable bonds is 3. The number of nitrogens with zero attached hydrogens (tertiary/aromatic N) is 1. The molecule has 25 heavy (non-hydrogen) atoms. The summed E-state index contributed by atoms with van der Waals surface area (Å²) in [5, 5.41) is 8.92. The fourth-order valence-electron chi connectivity index (χ4n) is 2.75. The molecule has 1 aliphatic rings. The van der Waals surface area contributed by atoms with E-state index in [0.29, 0.717) is 17.0 Å². The molecular formula is C20H13NO3S. The maximum Gasteiger partial charge on any atom is 0.348 e. The number of esters is 1. The molecule has 5 heteroatoms. The van der Waals surface area contributed by atoms with Crippen LogP contribution in [0.15, 0.2) is 54.6 Å². The van der Waals surface area contributed by atoms with Crippen LogP contribution in [0.4, 0.5) is 0 Å². The number of ether oxygens (including phenoxy) is 2. The van der Waals surface area contributed by atoms with E-state index in [1.807, 2.05) is 36.4 Å². The van der Waals surface area contributed by atoms with E-state index in [1.54, 1.807) is 18.2 Å². The lowest BCUT2D eigenvalue weighted by Gasteiger charge is -2.16. The second kappa shape index (κ2) is 6.42. The average molecular weight is 347 g/mol. The molecular weight excluding hydrogens is 334 g/mol. The molecule has 0 N–H and O–H groups in total. The number of benzene rings is 2. The number of hydrogen-bond donors (Lipinski definition) is 0. The third kappa shape index (κ3) is 3.00. The molecule has 0 unspecified atom stereocenters. The molecule has 2 heterocycles. The maximum atomic E-state index is 12.4. The van der Waals surface area contributed by atoms with Crippen LogP contribution in [0, 0.1) is 11.3 Å². The van der Waals surface area contributed by atoms with Crippen LogP contribution in [0.5, 0.6) is 5.75 Å². The van der Waals surface area contributed by atoms with Gasteiger partial charge in [0.25, 0.3) is 0 Å². The highest BCUT2D eigenvalue weighted by Gasteiger charge is 2.23. The Bertz CT molecular complexity index is 1000. The van der Waals surface area contributed by atoms with Gasteiger partial charge >= 0.3 is 5.97 Å². The van der Waals surface area contributed by atoms with Crippen molar-refractivity contribution in [2.45, 2.75) is 13.2 Å². The van der Waals surface area contributed by atoms with Gasteiger partial charge in [-0.3, -0.25) is 0 Å². The molecule has 0 atom stereocenters. The summed E-state index contributed by atoms with van der Waals surface area (Å²) in [5.41, 5.74) is 3.35. The van der Waals surface area contributed by atoms with Crippen molar-refractivity contribution in [3.8, 4) is 22.3 Å². The maximum absolute atomic E-state index is 12.4. The molecule has 0 saturated heterocycles. The van der Waals surface area contributed by atoms with Gasteiger partial charge in [0.2, 0.25) is 0 Å². The minimum absolute atomic E-state index is 0.143. The topological polar surface area (TPSA) is 59.3 Å². The Morgan fingerprint density at radius 3 is 2.96 bits per heavy atom. The molecule has 4 rings (SSSR count). The average Bonchev–Trinajstić information content (AvgIpc) is 3.11. The van der Waals surface area contributed by atoms with Crippen molar-refractivity contribution < 1.29 is 14.3 Å². The molecule has 0 spiro atoms. The molecule has 0 aliphatic carbocycles. The summed E-state index contributed by atoms with van der Waals surface area (Å²) in [4.78, 5) is 14.0. The molecule has 0 amide bonds. The first-order chi connectivity index (χ1) is 12.2. The summed E-state index contributed by atoms with van der Waals surface area (Å²) in [7, 11) is 0. The minimum atomic E-state index is -0.362. The highest BCUT2D eigenvalue weighted by Crippen LogP contribution is 2.42. The van der Waals surface area contributed by atoms with Gasteiger partial charge in [-0.2, -0.15) is 5.26 Å². The van der Waals surface area contributed by atoms with Gasteiger partial charge in [-0.25, -0.2) is 4.79 Å². The van der Waals surface area contributed by atoms with Crippen molar-refractivity contribution in [3.63, 3.8) is 0 Å². The number of carbonyl (C=O) groups excluding carboxylic acids is 1. The second-order valence-corrected chi connectivity index (χ2v) is 6.69. The summed E-state index contributed by atoms with van der Waals surface area (Å²) in [6, 6.07) is 18.8. The molecule has 4 nitrogen and oxygen atoms in total. The van der Waals surface area contributed by atoms with E-state index in [-0.39, 0.29) is 12.6 Å². The Hall–Kier alpha value is -3.10. The highest BCUT2D eigenvalue weighted by molar-refractivity contribution is 7.17. The predicted molar refractivity (Wildman–Crippen MR) is 94.4 cm³/mol. The summed E-state index contributed by atoms with van der Waals surface area (Å²) in [6.07, 6.45) is 0. The third-order valence-corrected chi connectivity index (χ3v) is 5.14. The number of thiophene rings is 1. The number of carbonyl (C=O) groups is 1. The van der Waals surface area contributed by atoms with Gasteiger partial charge in [0, 0.05) is 16.0 Å². The Labute approximate surface area is 148 Å². The quantitative estimate of drug-likeness (QED) is 0.653. The van der Waals surface area contributed by atoms with Crippen molar-refractivity contribution in [3.05, 3.63) is 76.2 Å². The Morgan fingerprint density at radius 2 is 2.08 bits per heavy atom. The molecule has 0 bridgehead atoms. The number of para-hydroxylation sites is 1. The Morgan fingerprint density at radius 1 is 1.20 bits per heavy atom. The predicted octanol–water partition coefficient (Wildman–Crippen LogP) is 4.54. The molecule has 0 radical (unpaired) electrons. The zero-order valence-corrected chi connectivity index (χ0v) is 14.0. The van der Waals surface area contributed by atoms with Crippen LogP contribution in [0.1, 0.15) is 26.4 Å². The standard InChI is InChI=1S/C20H13NO3S/c21-10-13-4-3-5-14(8-13)11-24-20(22)18-9-15-12-23-17-7-2-1-6-16(17)19(15)25-18/h1-9H,11-12H2. The van der Waals surface area contributed by atoms with Crippen LogP contribution >= 0.6 is 11.3 Å². The SMILES string of the molecule is N#Cc1cccc(COC(=O)c2cc3c(s2)-c2ccccc2OC3)c1. The van der Waals surface area contributed by atoms with Crippen molar-refractivity contribution in [1.29, 1.82) is 5.26 Å². The van der Waals surface area contributed by atoms with E-state index < -0.39 is 0 Å². The van der Waals surface area contributed by atoms with Gasteiger partial charge in [-0.15, -0.1) is 11.3 Å². The van der Waals surface area contributed by atoms with Crippen LogP contribution in [-0.2, 0) is 18.0 Å². The molecule has 1 aliphatic heterocycles. The smallest absolute Gasteiger partial charge is 0.348 e. The van der Waals surface area contributed by atoms with E-state index in [9.17, 15) is 4.79 Å². The molecule has 122 valence electrons. The monoisotopic (exact) mass is 347 g/mol. The fourth-order valence-corrected chi connectivity index (χ4v) is 3.84. The zero-order chi connectivity index (χ0) is 17.2. The van der Waals surface area contributed by atoms with Gasteiger partial charge in [0.1, 0.15) is 23.8 Å². The second-order valence-electron chi connectivity index (χ2n) is 5.64. The van der Waals surface area contributed by atoms with E-state index >= 15 is 0 Å². The summed E-state index contributed by atoms with van der Waals surface area (Å²) >= 11 is 1.42. The molecule has 3 aromatic rings. The number of fused-ring (bicyclic) bond motifs is 3. The van der Waals surface area contributed by atoms with E-state index in [4.69, 9.17) is 14.7 Å². The van der Waals surface area contributed by atoms with Crippen molar-refractivity contribution >= 4 is 17.3 Å². The normalized spacial score (nSPS) is 11.6. The van der Waals surface area contributed by atoms with E-state index in [1.165, 1.54) is 11.3 Å². The molecule has 1 aromatic heterocycles. The van der Waals surface area contributed by atoms with Gasteiger partial charge in [0.05, 0.1) is 11.6 Å². The van der Waals surface area contributed by atoms with Crippen LogP contribution in [0.2, 0.25) is 0 Å². The van der Waals surface area contributed by atoms with Gasteiger partial charge in [-0.1, -0.05) is 24.3 Å². The third-order valence-electron chi connectivity index (χ3n) is 3.95. The van der Waals surface area contributed by atoms with Crippen LogP contribution in [0.25, 0.3) is 10.4 Å². The lowest BCUT2D eigenvalue weighted by molar-refractivity contribution is 0.0478. The molecule has 0 saturated carbocycles. The summed E-state index contributed by atoms with van der Waals surface area (Å²) in [5.74, 6) is 0.476. The lowest BCUT2D eigenvalue weighted by atomic mass is 10.1. The van der Waals surface area contributed by atoms with Gasteiger partial charge in [0.15, 0.2) is 0 Å². The van der Waals surface area contributed by atoms with Gasteiger partial charge in [-0.05, 0) is 35.9 Å². The number of hydrogen-bond acceptors (Lipinski definition) is 5. The van der Waals surface area contributed by atoms with Gasteiger partial charge < -0.3 is 9.47 Å². The van der Waals surface area contributed by atoms with E-state index in [2.05, 4.69) is 6.07 Å². The van der Waals surface area contributed by atoms with Crippen LogP contribution in [-0.4, -0.2) is 5.97 Å².